The zero-order chi connectivity index (χ0) is 36.9. The van der Waals surface area contributed by atoms with E-state index in [2.05, 4.69) is 34.6 Å². The Morgan fingerprint density at radius 2 is 0.760 bits per heavy atom. The fraction of sp³-hybridized carbons (Fsp3) is 0.932. The van der Waals surface area contributed by atoms with E-state index in [0.717, 1.165) is 69.6 Å². The third kappa shape index (κ3) is 36.2. The molecule has 0 saturated heterocycles. The van der Waals surface area contributed by atoms with Gasteiger partial charge in [0.1, 0.15) is 13.2 Å². The van der Waals surface area contributed by atoms with Crippen molar-refractivity contribution in [2.45, 2.75) is 240 Å². The highest BCUT2D eigenvalue weighted by molar-refractivity contribution is 5.71. The van der Waals surface area contributed by atoms with Gasteiger partial charge < -0.3 is 14.2 Å². The van der Waals surface area contributed by atoms with E-state index >= 15 is 0 Å². The van der Waals surface area contributed by atoms with Gasteiger partial charge in [-0.15, -0.1) is 0 Å². The molecule has 0 spiro atoms. The first-order valence-corrected chi connectivity index (χ1v) is 21.8. The molecular formula is C44H84O6. The van der Waals surface area contributed by atoms with Crippen LogP contribution in [0.5, 0.6) is 0 Å². The highest BCUT2D eigenvalue weighted by Crippen LogP contribution is 2.17. The summed E-state index contributed by atoms with van der Waals surface area (Å²) < 4.78 is 16.6. The van der Waals surface area contributed by atoms with Gasteiger partial charge in [0.15, 0.2) is 6.10 Å². The molecule has 2 atom stereocenters. The van der Waals surface area contributed by atoms with E-state index in [1.165, 1.54) is 122 Å². The molecule has 0 aromatic heterocycles. The molecule has 0 bridgehead atoms. The maximum Gasteiger partial charge on any atom is 0.306 e. The van der Waals surface area contributed by atoms with E-state index in [9.17, 15) is 14.4 Å². The molecule has 50 heavy (non-hydrogen) atoms. The summed E-state index contributed by atoms with van der Waals surface area (Å²) in [5.74, 6) is 0.763. The lowest BCUT2D eigenvalue weighted by atomic mass is 9.99. The molecule has 0 aliphatic rings. The monoisotopic (exact) mass is 709 g/mol. The maximum absolute atomic E-state index is 12.7. The molecule has 0 fully saturated rings. The maximum atomic E-state index is 12.7. The second-order valence-electron chi connectivity index (χ2n) is 15.7. The summed E-state index contributed by atoms with van der Waals surface area (Å²) in [4.78, 5) is 37.5. The molecule has 0 heterocycles. The van der Waals surface area contributed by atoms with Crippen LogP contribution in [0.25, 0.3) is 0 Å². The number of ether oxygens (including phenoxy) is 3. The van der Waals surface area contributed by atoms with Gasteiger partial charge in [-0.3, -0.25) is 14.4 Å². The molecular weight excluding hydrogens is 624 g/mol. The van der Waals surface area contributed by atoms with Crippen molar-refractivity contribution in [3.8, 4) is 0 Å². The number of carbonyl (C=O) groups excluding carboxylic acids is 3. The van der Waals surface area contributed by atoms with Crippen molar-refractivity contribution >= 4 is 17.9 Å². The second kappa shape index (κ2) is 37.2. The van der Waals surface area contributed by atoms with Crippen LogP contribution in [0.1, 0.15) is 234 Å². The van der Waals surface area contributed by atoms with Gasteiger partial charge >= 0.3 is 17.9 Å². The molecule has 0 aromatic rings. The van der Waals surface area contributed by atoms with Crippen LogP contribution in [-0.2, 0) is 28.6 Å². The average molecular weight is 709 g/mol. The Bertz CT molecular complexity index is 766. The van der Waals surface area contributed by atoms with Crippen LogP contribution in [-0.4, -0.2) is 37.2 Å². The first kappa shape index (κ1) is 48.4. The SMILES string of the molecule is CCCCCCCCCCCC(=O)OC[C@@H](COC(=O)CCCCCCCCC(C)C)OC(=O)CCCCCCCCCCCCC(C)CC. The lowest BCUT2D eigenvalue weighted by Gasteiger charge is -2.18. The molecule has 0 aliphatic carbocycles. The van der Waals surface area contributed by atoms with Crippen molar-refractivity contribution in [1.29, 1.82) is 0 Å². The minimum atomic E-state index is -0.760. The highest BCUT2D eigenvalue weighted by atomic mass is 16.6. The van der Waals surface area contributed by atoms with E-state index in [1.807, 2.05) is 0 Å². The van der Waals surface area contributed by atoms with Crippen LogP contribution >= 0.6 is 0 Å². The van der Waals surface area contributed by atoms with Gasteiger partial charge in [0.2, 0.25) is 0 Å². The summed E-state index contributed by atoms with van der Waals surface area (Å²) in [6.07, 6.45) is 33.8. The van der Waals surface area contributed by atoms with Crippen molar-refractivity contribution in [2.24, 2.45) is 11.8 Å². The molecule has 0 saturated carbocycles. The molecule has 0 aliphatic heterocycles. The van der Waals surface area contributed by atoms with Crippen LogP contribution in [0.15, 0.2) is 0 Å². The molecule has 6 heteroatoms. The fourth-order valence-electron chi connectivity index (χ4n) is 6.37. The van der Waals surface area contributed by atoms with Crippen molar-refractivity contribution in [1.82, 2.24) is 0 Å². The Labute approximate surface area is 310 Å². The molecule has 0 amide bonds. The third-order valence-corrected chi connectivity index (χ3v) is 10.1. The first-order valence-electron chi connectivity index (χ1n) is 21.8. The first-order chi connectivity index (χ1) is 24.3. The summed E-state index contributed by atoms with van der Waals surface area (Å²) in [7, 11) is 0. The van der Waals surface area contributed by atoms with Crippen LogP contribution in [0.3, 0.4) is 0 Å². The standard InChI is InChI=1S/C44H84O6/c1-6-8-9-10-11-14-18-24-29-34-42(45)48-37-41(38-49-43(46)35-30-25-21-20-22-27-32-39(3)4)50-44(47)36-31-26-19-16-13-12-15-17-23-28-33-40(5)7-2/h39-41H,6-38H2,1-5H3/t40?,41-/m0/s1. The van der Waals surface area contributed by atoms with Gasteiger partial charge in [-0.25, -0.2) is 0 Å². The van der Waals surface area contributed by atoms with Crippen molar-refractivity contribution in [3.63, 3.8) is 0 Å². The Morgan fingerprint density at radius 3 is 1.14 bits per heavy atom. The number of rotatable bonds is 38. The van der Waals surface area contributed by atoms with Crippen LogP contribution in [0.2, 0.25) is 0 Å². The van der Waals surface area contributed by atoms with E-state index in [4.69, 9.17) is 14.2 Å². The van der Waals surface area contributed by atoms with Gasteiger partial charge in [-0.05, 0) is 31.1 Å². The molecule has 0 N–H and O–H groups in total. The van der Waals surface area contributed by atoms with Crippen molar-refractivity contribution in [2.75, 3.05) is 13.2 Å². The topological polar surface area (TPSA) is 78.9 Å². The molecule has 296 valence electrons. The van der Waals surface area contributed by atoms with Crippen LogP contribution in [0.4, 0.5) is 0 Å². The summed E-state index contributed by atoms with van der Waals surface area (Å²) in [6, 6.07) is 0. The van der Waals surface area contributed by atoms with Crippen molar-refractivity contribution < 1.29 is 28.6 Å². The Kier molecular flexibility index (Phi) is 36.0. The van der Waals surface area contributed by atoms with Gasteiger partial charge in [0.05, 0.1) is 0 Å². The Balaban J connectivity index is 4.33. The van der Waals surface area contributed by atoms with Crippen LogP contribution < -0.4 is 0 Å². The molecule has 0 radical (unpaired) electrons. The number of hydrogen-bond acceptors (Lipinski definition) is 6. The predicted molar refractivity (Wildman–Crippen MR) is 210 cm³/mol. The van der Waals surface area contributed by atoms with E-state index in [1.54, 1.807) is 0 Å². The quantitative estimate of drug-likeness (QED) is 0.0361. The minimum absolute atomic E-state index is 0.0662. The normalized spacial score (nSPS) is 12.6. The van der Waals surface area contributed by atoms with E-state index in [-0.39, 0.29) is 31.1 Å². The Morgan fingerprint density at radius 1 is 0.420 bits per heavy atom. The van der Waals surface area contributed by atoms with E-state index in [0.29, 0.717) is 19.3 Å². The number of hydrogen-bond donors (Lipinski definition) is 0. The number of unbranched alkanes of at least 4 members (excludes halogenated alkanes) is 22. The number of esters is 3. The molecule has 1 unspecified atom stereocenters. The smallest absolute Gasteiger partial charge is 0.306 e. The lowest BCUT2D eigenvalue weighted by Crippen LogP contribution is -2.30. The largest absolute Gasteiger partial charge is 0.462 e. The highest BCUT2D eigenvalue weighted by Gasteiger charge is 2.19. The molecule has 6 nitrogen and oxygen atoms in total. The van der Waals surface area contributed by atoms with Gasteiger partial charge in [0, 0.05) is 19.3 Å². The van der Waals surface area contributed by atoms with Crippen LogP contribution in [0, 0.1) is 11.8 Å². The van der Waals surface area contributed by atoms with Gasteiger partial charge in [0.25, 0.3) is 0 Å². The summed E-state index contributed by atoms with van der Waals surface area (Å²) in [5, 5.41) is 0. The predicted octanol–water partition coefficient (Wildman–Crippen LogP) is 13.4. The minimum Gasteiger partial charge on any atom is -0.462 e. The molecule has 0 rings (SSSR count). The van der Waals surface area contributed by atoms with Crippen molar-refractivity contribution in [3.05, 3.63) is 0 Å². The van der Waals surface area contributed by atoms with Gasteiger partial charge in [-0.1, -0.05) is 195 Å². The summed E-state index contributed by atoms with van der Waals surface area (Å²) in [6.45, 7) is 11.3. The average Bonchev–Trinajstić information content (AvgIpc) is 3.09. The molecule has 0 aromatic carbocycles. The second-order valence-corrected chi connectivity index (χ2v) is 15.7. The Hall–Kier alpha value is -1.59. The summed E-state index contributed by atoms with van der Waals surface area (Å²) >= 11 is 0. The van der Waals surface area contributed by atoms with E-state index < -0.39 is 6.10 Å². The zero-order valence-electron chi connectivity index (χ0n) is 34.0. The zero-order valence-corrected chi connectivity index (χ0v) is 34.0. The van der Waals surface area contributed by atoms with Gasteiger partial charge in [-0.2, -0.15) is 0 Å². The summed E-state index contributed by atoms with van der Waals surface area (Å²) in [5.41, 5.74) is 0. The lowest BCUT2D eigenvalue weighted by molar-refractivity contribution is -0.167. The fourth-order valence-corrected chi connectivity index (χ4v) is 6.37. The third-order valence-electron chi connectivity index (χ3n) is 10.1. The number of carbonyl (C=O) groups is 3.